The molecule has 0 spiro atoms. The van der Waals surface area contributed by atoms with Crippen molar-refractivity contribution in [2.75, 3.05) is 0 Å². The molecule has 22 heavy (non-hydrogen) atoms. The highest BCUT2D eigenvalue weighted by atomic mass is 16.5. The molecule has 2 aromatic carbocycles. The average molecular weight is 287 g/mol. The van der Waals surface area contributed by atoms with Crippen LogP contribution in [0, 0.1) is 11.3 Å². The number of H-pyrrole nitrogens is 1. The van der Waals surface area contributed by atoms with Gasteiger partial charge in [-0.3, -0.25) is 0 Å². The zero-order valence-corrected chi connectivity index (χ0v) is 11.7. The van der Waals surface area contributed by atoms with E-state index in [1.54, 1.807) is 0 Å². The highest BCUT2D eigenvalue weighted by Crippen LogP contribution is 2.44. The number of allylic oxidation sites excluding steroid dienone is 1. The van der Waals surface area contributed by atoms with Crippen molar-refractivity contribution in [2.24, 2.45) is 5.73 Å². The number of nitrogens with zero attached hydrogens (tertiary/aromatic N) is 1. The van der Waals surface area contributed by atoms with Crippen molar-refractivity contribution in [1.29, 1.82) is 5.26 Å². The minimum absolute atomic E-state index is 0.178. The molecule has 1 aromatic heterocycles. The van der Waals surface area contributed by atoms with Gasteiger partial charge in [-0.25, -0.2) is 0 Å². The van der Waals surface area contributed by atoms with Crippen molar-refractivity contribution in [3.63, 3.8) is 0 Å². The predicted octanol–water partition coefficient (Wildman–Crippen LogP) is 3.39. The quantitative estimate of drug-likeness (QED) is 0.720. The fourth-order valence-corrected chi connectivity index (χ4v) is 3.04. The first-order valence-corrected chi connectivity index (χ1v) is 7.02. The molecule has 4 heteroatoms. The van der Waals surface area contributed by atoms with Gasteiger partial charge in [0.05, 0.1) is 5.92 Å². The summed E-state index contributed by atoms with van der Waals surface area (Å²) in [5.41, 5.74) is 9.45. The minimum Gasteiger partial charge on any atom is -0.439 e. The van der Waals surface area contributed by atoms with Crippen LogP contribution >= 0.6 is 0 Å². The van der Waals surface area contributed by atoms with Crippen molar-refractivity contribution in [1.82, 2.24) is 4.98 Å². The van der Waals surface area contributed by atoms with E-state index in [1.807, 2.05) is 54.7 Å². The zero-order valence-electron chi connectivity index (χ0n) is 11.7. The lowest BCUT2D eigenvalue weighted by atomic mass is 9.83. The number of ether oxygens (including phenoxy) is 1. The molecule has 106 valence electrons. The molecule has 1 atom stereocenters. The Morgan fingerprint density at radius 1 is 1.09 bits per heavy atom. The van der Waals surface area contributed by atoms with Gasteiger partial charge in [0.25, 0.3) is 0 Å². The van der Waals surface area contributed by atoms with Crippen molar-refractivity contribution < 1.29 is 4.74 Å². The molecule has 2 heterocycles. The molecule has 1 aliphatic heterocycles. The molecule has 0 saturated carbocycles. The molecule has 3 aromatic rings. The summed E-state index contributed by atoms with van der Waals surface area (Å²) in [4.78, 5) is 3.16. The molecule has 0 saturated heterocycles. The summed E-state index contributed by atoms with van der Waals surface area (Å²) in [7, 11) is 0. The van der Waals surface area contributed by atoms with Gasteiger partial charge < -0.3 is 15.5 Å². The average Bonchev–Trinajstić information content (AvgIpc) is 3.03. The number of fused-ring (bicyclic) bond motifs is 3. The number of aromatic nitrogens is 1. The smallest absolute Gasteiger partial charge is 0.205 e. The van der Waals surface area contributed by atoms with Crippen molar-refractivity contribution in [3.8, 4) is 11.8 Å². The number of hydrogen-bond donors (Lipinski definition) is 2. The Balaban J connectivity index is 2.02. The Morgan fingerprint density at radius 3 is 2.68 bits per heavy atom. The number of nitrogens with two attached hydrogens (primary N) is 1. The van der Waals surface area contributed by atoms with E-state index in [0.717, 1.165) is 27.8 Å². The number of nitriles is 1. The molecule has 0 aliphatic carbocycles. The van der Waals surface area contributed by atoms with Gasteiger partial charge in [-0.1, -0.05) is 36.4 Å². The van der Waals surface area contributed by atoms with Crippen LogP contribution in [0.5, 0.6) is 5.75 Å². The van der Waals surface area contributed by atoms with E-state index >= 15 is 0 Å². The first kappa shape index (κ1) is 12.5. The fourth-order valence-electron chi connectivity index (χ4n) is 3.04. The third-order valence-corrected chi connectivity index (χ3v) is 4.05. The largest absolute Gasteiger partial charge is 0.439 e. The maximum absolute atomic E-state index is 9.52. The van der Waals surface area contributed by atoms with Gasteiger partial charge in [0.15, 0.2) is 0 Å². The van der Waals surface area contributed by atoms with Crippen LogP contribution in [0.3, 0.4) is 0 Å². The molecular formula is C18H13N3O. The van der Waals surface area contributed by atoms with Crippen molar-refractivity contribution >= 4 is 10.9 Å². The predicted molar refractivity (Wildman–Crippen MR) is 84.0 cm³/mol. The molecule has 0 amide bonds. The topological polar surface area (TPSA) is 74.8 Å². The third-order valence-electron chi connectivity index (χ3n) is 4.05. The van der Waals surface area contributed by atoms with Crippen LogP contribution in [0.15, 0.2) is 66.2 Å². The summed E-state index contributed by atoms with van der Waals surface area (Å²) in [6.45, 7) is 0. The second-order valence-corrected chi connectivity index (χ2v) is 5.26. The van der Waals surface area contributed by atoms with Gasteiger partial charge in [0.1, 0.15) is 17.4 Å². The zero-order chi connectivity index (χ0) is 15.1. The Labute approximate surface area is 127 Å². The monoisotopic (exact) mass is 287 g/mol. The Kier molecular flexibility index (Phi) is 2.67. The molecule has 0 bridgehead atoms. The summed E-state index contributed by atoms with van der Waals surface area (Å²) in [5, 5.41) is 10.5. The Hall–Kier alpha value is -3.19. The minimum atomic E-state index is -0.200. The SMILES string of the molecule is N#CC1=C(N)Oc2c(ccc3[nH]ccc23)C1c1ccccc1. The summed E-state index contributed by atoms with van der Waals surface area (Å²) in [6, 6.07) is 18.1. The van der Waals surface area contributed by atoms with E-state index in [2.05, 4.69) is 11.1 Å². The van der Waals surface area contributed by atoms with Crippen molar-refractivity contribution in [2.45, 2.75) is 5.92 Å². The summed E-state index contributed by atoms with van der Waals surface area (Å²) in [6.07, 6.45) is 1.87. The van der Waals surface area contributed by atoms with Crippen LogP contribution in [0.25, 0.3) is 10.9 Å². The lowest BCUT2D eigenvalue weighted by molar-refractivity contribution is 0.398. The Morgan fingerprint density at radius 2 is 1.91 bits per heavy atom. The van der Waals surface area contributed by atoms with E-state index in [0.29, 0.717) is 5.57 Å². The van der Waals surface area contributed by atoms with E-state index in [-0.39, 0.29) is 11.8 Å². The van der Waals surface area contributed by atoms with Gasteiger partial charge in [-0.05, 0) is 17.7 Å². The molecule has 1 unspecified atom stereocenters. The third kappa shape index (κ3) is 1.69. The van der Waals surface area contributed by atoms with E-state index in [1.165, 1.54) is 0 Å². The lowest BCUT2D eigenvalue weighted by Crippen LogP contribution is -2.21. The highest BCUT2D eigenvalue weighted by molar-refractivity contribution is 5.88. The first-order chi connectivity index (χ1) is 10.8. The molecule has 3 N–H and O–H groups in total. The summed E-state index contributed by atoms with van der Waals surface area (Å²) >= 11 is 0. The van der Waals surface area contributed by atoms with Crippen LogP contribution in [0.2, 0.25) is 0 Å². The summed E-state index contributed by atoms with van der Waals surface area (Å²) in [5.74, 6) is 0.705. The molecule has 0 radical (unpaired) electrons. The van der Waals surface area contributed by atoms with Crippen LogP contribution in [-0.4, -0.2) is 4.98 Å². The molecule has 0 fully saturated rings. The molecular weight excluding hydrogens is 274 g/mol. The number of hydrogen-bond acceptors (Lipinski definition) is 3. The van der Waals surface area contributed by atoms with Crippen LogP contribution in [0.4, 0.5) is 0 Å². The maximum Gasteiger partial charge on any atom is 0.205 e. The van der Waals surface area contributed by atoms with E-state index in [9.17, 15) is 5.26 Å². The normalized spacial score (nSPS) is 17.0. The van der Waals surface area contributed by atoms with Gasteiger partial charge in [-0.2, -0.15) is 5.26 Å². The first-order valence-electron chi connectivity index (χ1n) is 7.02. The number of rotatable bonds is 1. The second kappa shape index (κ2) is 4.68. The highest BCUT2D eigenvalue weighted by Gasteiger charge is 2.31. The second-order valence-electron chi connectivity index (χ2n) is 5.26. The van der Waals surface area contributed by atoms with Gasteiger partial charge >= 0.3 is 0 Å². The van der Waals surface area contributed by atoms with E-state index in [4.69, 9.17) is 10.5 Å². The van der Waals surface area contributed by atoms with Gasteiger partial charge in [0.2, 0.25) is 5.88 Å². The maximum atomic E-state index is 9.52. The molecule has 1 aliphatic rings. The Bertz CT molecular complexity index is 932. The number of nitrogens with one attached hydrogen (secondary N) is 1. The molecule has 4 nitrogen and oxygen atoms in total. The lowest BCUT2D eigenvalue weighted by Gasteiger charge is -2.26. The summed E-state index contributed by atoms with van der Waals surface area (Å²) < 4.78 is 5.77. The van der Waals surface area contributed by atoms with E-state index < -0.39 is 0 Å². The van der Waals surface area contributed by atoms with Gasteiger partial charge in [0, 0.05) is 22.7 Å². The number of aromatic amines is 1. The number of benzene rings is 2. The van der Waals surface area contributed by atoms with Crippen LogP contribution < -0.4 is 10.5 Å². The fraction of sp³-hybridized carbons (Fsp3) is 0.0556. The van der Waals surface area contributed by atoms with Crippen LogP contribution in [0.1, 0.15) is 17.0 Å². The van der Waals surface area contributed by atoms with Crippen molar-refractivity contribution in [3.05, 3.63) is 77.3 Å². The standard InChI is InChI=1S/C18H13N3O/c19-10-14-16(11-4-2-1-3-5-11)13-6-7-15-12(8-9-21-15)17(13)22-18(14)20/h1-9,16,21H,20H2. The van der Waals surface area contributed by atoms with Gasteiger partial charge in [-0.15, -0.1) is 0 Å². The molecule has 4 rings (SSSR count). The van der Waals surface area contributed by atoms with Crippen LogP contribution in [-0.2, 0) is 0 Å².